The Bertz CT molecular complexity index is 318. The summed E-state index contributed by atoms with van der Waals surface area (Å²) in [6.07, 6.45) is 2.01. The highest BCUT2D eigenvalue weighted by atomic mass is 15.4. The van der Waals surface area contributed by atoms with Gasteiger partial charge in [0.25, 0.3) is 0 Å². The van der Waals surface area contributed by atoms with Crippen LogP contribution in [0.3, 0.4) is 0 Å². The van der Waals surface area contributed by atoms with Gasteiger partial charge in [0.1, 0.15) is 0 Å². The van der Waals surface area contributed by atoms with Crippen LogP contribution in [-0.4, -0.2) is 15.0 Å². The highest BCUT2D eigenvalue weighted by Crippen LogP contribution is 2.23. The van der Waals surface area contributed by atoms with Crippen molar-refractivity contribution in [2.45, 2.75) is 60.4 Å². The zero-order chi connectivity index (χ0) is 11.6. The Morgan fingerprint density at radius 2 is 1.87 bits per heavy atom. The molecule has 0 atom stereocenters. The SMILES string of the molecule is CCc1nnn(C(C)C)c1CC(C)(C)C. The van der Waals surface area contributed by atoms with E-state index < -0.39 is 0 Å². The van der Waals surface area contributed by atoms with Gasteiger partial charge in [0, 0.05) is 6.04 Å². The van der Waals surface area contributed by atoms with Gasteiger partial charge in [-0.25, -0.2) is 4.68 Å². The van der Waals surface area contributed by atoms with Crippen molar-refractivity contribution in [3.63, 3.8) is 0 Å². The number of nitrogens with zero attached hydrogens (tertiary/aromatic N) is 3. The maximum Gasteiger partial charge on any atom is 0.0856 e. The number of rotatable bonds is 3. The third-order valence-electron chi connectivity index (χ3n) is 2.39. The highest BCUT2D eigenvalue weighted by molar-refractivity contribution is 5.12. The van der Waals surface area contributed by atoms with E-state index in [-0.39, 0.29) is 5.41 Å². The van der Waals surface area contributed by atoms with Crippen LogP contribution < -0.4 is 0 Å². The molecule has 0 saturated heterocycles. The first-order valence-corrected chi connectivity index (χ1v) is 5.78. The number of aromatic nitrogens is 3. The molecule has 0 aromatic carbocycles. The van der Waals surface area contributed by atoms with Crippen LogP contribution in [0.5, 0.6) is 0 Å². The average molecular weight is 209 g/mol. The van der Waals surface area contributed by atoms with Crippen molar-refractivity contribution in [1.82, 2.24) is 15.0 Å². The molecule has 1 aromatic heterocycles. The second-order valence-corrected chi connectivity index (χ2v) is 5.61. The molecule has 15 heavy (non-hydrogen) atoms. The topological polar surface area (TPSA) is 30.7 Å². The molecule has 1 rings (SSSR count). The lowest BCUT2D eigenvalue weighted by atomic mass is 9.89. The van der Waals surface area contributed by atoms with Gasteiger partial charge in [-0.15, -0.1) is 5.10 Å². The van der Waals surface area contributed by atoms with Crippen molar-refractivity contribution in [2.75, 3.05) is 0 Å². The van der Waals surface area contributed by atoms with E-state index in [0.29, 0.717) is 6.04 Å². The van der Waals surface area contributed by atoms with Gasteiger partial charge < -0.3 is 0 Å². The van der Waals surface area contributed by atoms with E-state index in [1.54, 1.807) is 0 Å². The van der Waals surface area contributed by atoms with E-state index in [1.165, 1.54) is 5.69 Å². The fraction of sp³-hybridized carbons (Fsp3) is 0.833. The minimum Gasteiger partial charge on any atom is -0.247 e. The Balaban J connectivity index is 3.05. The van der Waals surface area contributed by atoms with E-state index in [4.69, 9.17) is 0 Å². The quantitative estimate of drug-likeness (QED) is 0.766. The number of hydrogen-bond donors (Lipinski definition) is 0. The molecule has 0 amide bonds. The third-order valence-corrected chi connectivity index (χ3v) is 2.39. The molecular formula is C12H23N3. The Kier molecular flexibility index (Phi) is 3.53. The van der Waals surface area contributed by atoms with Crippen LogP contribution in [0.1, 0.15) is 59.0 Å². The van der Waals surface area contributed by atoms with Gasteiger partial charge in [-0.2, -0.15) is 0 Å². The Morgan fingerprint density at radius 1 is 1.27 bits per heavy atom. The molecule has 0 bridgehead atoms. The molecule has 0 saturated carbocycles. The summed E-state index contributed by atoms with van der Waals surface area (Å²) in [6.45, 7) is 13.2. The summed E-state index contributed by atoms with van der Waals surface area (Å²) in [7, 11) is 0. The molecule has 0 aliphatic carbocycles. The predicted molar refractivity (Wildman–Crippen MR) is 62.9 cm³/mol. The van der Waals surface area contributed by atoms with Crippen LogP contribution in [-0.2, 0) is 12.8 Å². The van der Waals surface area contributed by atoms with Gasteiger partial charge in [-0.1, -0.05) is 32.9 Å². The first-order valence-electron chi connectivity index (χ1n) is 5.78. The molecular weight excluding hydrogens is 186 g/mol. The monoisotopic (exact) mass is 209 g/mol. The maximum atomic E-state index is 4.25. The molecule has 0 aliphatic rings. The van der Waals surface area contributed by atoms with Crippen LogP contribution in [0.15, 0.2) is 0 Å². The van der Waals surface area contributed by atoms with Crippen LogP contribution in [0.4, 0.5) is 0 Å². The maximum absolute atomic E-state index is 4.25. The van der Waals surface area contributed by atoms with E-state index >= 15 is 0 Å². The van der Waals surface area contributed by atoms with Crippen LogP contribution >= 0.6 is 0 Å². The summed E-state index contributed by atoms with van der Waals surface area (Å²) in [4.78, 5) is 0. The standard InChI is InChI=1S/C12H23N3/c1-7-10-11(8-12(4,5)6)15(9(2)3)14-13-10/h9H,7-8H2,1-6H3. The van der Waals surface area contributed by atoms with Crippen LogP contribution in [0.2, 0.25) is 0 Å². The molecule has 0 radical (unpaired) electrons. The van der Waals surface area contributed by atoms with Crippen molar-refractivity contribution >= 4 is 0 Å². The fourth-order valence-corrected chi connectivity index (χ4v) is 1.72. The predicted octanol–water partition coefficient (Wildman–Crippen LogP) is 3.01. The van der Waals surface area contributed by atoms with Crippen molar-refractivity contribution in [2.24, 2.45) is 5.41 Å². The van der Waals surface area contributed by atoms with Gasteiger partial charge in [0.2, 0.25) is 0 Å². The molecule has 0 spiro atoms. The Morgan fingerprint density at radius 3 is 2.27 bits per heavy atom. The van der Waals surface area contributed by atoms with Crippen molar-refractivity contribution in [1.29, 1.82) is 0 Å². The van der Waals surface area contributed by atoms with Crippen molar-refractivity contribution in [3.8, 4) is 0 Å². The molecule has 1 heterocycles. The molecule has 0 fully saturated rings. The largest absolute Gasteiger partial charge is 0.247 e. The van der Waals surface area contributed by atoms with Gasteiger partial charge in [-0.3, -0.25) is 0 Å². The normalized spacial score (nSPS) is 12.5. The smallest absolute Gasteiger partial charge is 0.0856 e. The van der Waals surface area contributed by atoms with E-state index in [9.17, 15) is 0 Å². The van der Waals surface area contributed by atoms with Gasteiger partial charge in [0.15, 0.2) is 0 Å². The van der Waals surface area contributed by atoms with Crippen LogP contribution in [0.25, 0.3) is 0 Å². The molecule has 0 unspecified atom stereocenters. The zero-order valence-corrected chi connectivity index (χ0v) is 10.8. The van der Waals surface area contributed by atoms with Crippen molar-refractivity contribution in [3.05, 3.63) is 11.4 Å². The summed E-state index contributed by atoms with van der Waals surface area (Å²) >= 11 is 0. The minimum atomic E-state index is 0.290. The highest BCUT2D eigenvalue weighted by Gasteiger charge is 2.20. The molecule has 3 heteroatoms. The average Bonchev–Trinajstić information content (AvgIpc) is 2.44. The molecule has 0 aliphatic heterocycles. The molecule has 3 nitrogen and oxygen atoms in total. The lowest BCUT2D eigenvalue weighted by Crippen LogP contribution is -2.16. The van der Waals surface area contributed by atoms with Crippen molar-refractivity contribution < 1.29 is 0 Å². The molecule has 86 valence electrons. The minimum absolute atomic E-state index is 0.290. The van der Waals surface area contributed by atoms with Gasteiger partial charge in [-0.05, 0) is 32.1 Å². The number of hydrogen-bond acceptors (Lipinski definition) is 2. The molecule has 0 N–H and O–H groups in total. The van der Waals surface area contributed by atoms with E-state index in [0.717, 1.165) is 18.5 Å². The summed E-state index contributed by atoms with van der Waals surface area (Å²) in [5.74, 6) is 0. The van der Waals surface area contributed by atoms with Gasteiger partial charge >= 0.3 is 0 Å². The summed E-state index contributed by atoms with van der Waals surface area (Å²) in [6, 6.07) is 0.398. The molecule has 1 aromatic rings. The second-order valence-electron chi connectivity index (χ2n) is 5.61. The Hall–Kier alpha value is -0.860. The fourth-order valence-electron chi connectivity index (χ4n) is 1.72. The summed E-state index contributed by atoms with van der Waals surface area (Å²) < 4.78 is 2.06. The van der Waals surface area contributed by atoms with Gasteiger partial charge in [0.05, 0.1) is 11.4 Å². The third kappa shape index (κ3) is 3.05. The zero-order valence-electron chi connectivity index (χ0n) is 10.8. The number of aryl methyl sites for hydroxylation is 1. The Labute approximate surface area is 92.9 Å². The second kappa shape index (κ2) is 4.33. The van der Waals surface area contributed by atoms with Crippen LogP contribution in [0, 0.1) is 5.41 Å². The summed E-state index contributed by atoms with van der Waals surface area (Å²) in [5.41, 5.74) is 2.75. The lowest BCUT2D eigenvalue weighted by Gasteiger charge is -2.20. The lowest BCUT2D eigenvalue weighted by molar-refractivity contribution is 0.381. The summed E-state index contributed by atoms with van der Waals surface area (Å²) in [5, 5.41) is 8.49. The van der Waals surface area contributed by atoms with E-state index in [1.807, 2.05) is 0 Å². The first kappa shape index (κ1) is 12.2. The van der Waals surface area contributed by atoms with E-state index in [2.05, 4.69) is 56.5 Å². The first-order chi connectivity index (χ1) is 6.85.